The van der Waals surface area contributed by atoms with Gasteiger partial charge in [0, 0.05) is 38.0 Å². The van der Waals surface area contributed by atoms with Crippen LogP contribution in [0.3, 0.4) is 0 Å². The van der Waals surface area contributed by atoms with E-state index in [2.05, 4.69) is 10.6 Å². The van der Waals surface area contributed by atoms with E-state index in [1.165, 1.54) is 10.0 Å². The van der Waals surface area contributed by atoms with Crippen molar-refractivity contribution in [3.05, 3.63) is 71.8 Å². The summed E-state index contributed by atoms with van der Waals surface area (Å²) in [5, 5.41) is 32.1. The molecular formula is C40H52N6O8. The maximum atomic E-state index is 14.2. The van der Waals surface area contributed by atoms with E-state index in [4.69, 9.17) is 0 Å². The summed E-state index contributed by atoms with van der Waals surface area (Å²) >= 11 is 0. The number of carboxylic acids is 2. The average molecular weight is 745 g/mol. The van der Waals surface area contributed by atoms with Crippen LogP contribution in [0.4, 0.5) is 0 Å². The predicted octanol–water partition coefficient (Wildman–Crippen LogP) is 2.63. The fourth-order valence-corrected chi connectivity index (χ4v) is 8.49. The molecule has 4 aliphatic rings. The standard InChI is InChI=1S/C40H52N6O8/c47-35(41-31-15-7-21-43-23-9-17-33(39(51)52)45(43)37(31)49)29(25-27-11-3-1-4-12-27)19-20-30(26-28-13-5-2-6-14-28)36(48)42-32-16-8-22-44-24-10-18-34(40(53)54)46(44)38(32)50/h1-6,11-14,29-34H,7-10,15-26H2,(H,41,47)(H,42,48)(H,51,52)(H,53,54)/t29-,30-,31+,32+,33+,34+/m1/s1. The van der Waals surface area contributed by atoms with E-state index in [9.17, 15) is 39.0 Å². The second-order valence-electron chi connectivity index (χ2n) is 15.0. The third kappa shape index (κ3) is 9.27. The lowest BCUT2D eigenvalue weighted by atomic mass is 9.86. The molecule has 0 aromatic heterocycles. The largest absolute Gasteiger partial charge is 0.480 e. The van der Waals surface area contributed by atoms with E-state index < -0.39 is 59.8 Å². The normalized spacial score (nSPS) is 25.0. The summed E-state index contributed by atoms with van der Waals surface area (Å²) < 4.78 is 0. The lowest BCUT2D eigenvalue weighted by Crippen LogP contribution is -2.61. The van der Waals surface area contributed by atoms with Crippen LogP contribution >= 0.6 is 0 Å². The van der Waals surface area contributed by atoms with Gasteiger partial charge in [-0.15, -0.1) is 0 Å². The molecule has 6 atom stereocenters. The van der Waals surface area contributed by atoms with Gasteiger partial charge in [0.05, 0.1) is 0 Å². The van der Waals surface area contributed by atoms with Gasteiger partial charge in [-0.2, -0.15) is 0 Å². The summed E-state index contributed by atoms with van der Waals surface area (Å²) in [5.74, 6) is -4.86. The number of rotatable bonds is 13. The molecular weight excluding hydrogens is 692 g/mol. The number of amides is 4. The first kappa shape index (κ1) is 38.9. The van der Waals surface area contributed by atoms with Crippen LogP contribution in [0.15, 0.2) is 60.7 Å². The van der Waals surface area contributed by atoms with Crippen LogP contribution in [-0.4, -0.2) is 116 Å². The van der Waals surface area contributed by atoms with Gasteiger partial charge in [0.15, 0.2) is 0 Å². The number of carboxylic acid groups (broad SMARTS) is 2. The molecule has 0 unspecified atom stereocenters. The van der Waals surface area contributed by atoms with Crippen LogP contribution in [0.1, 0.15) is 75.3 Å². The lowest BCUT2D eigenvalue weighted by Gasteiger charge is -2.42. The van der Waals surface area contributed by atoms with Gasteiger partial charge in [0.2, 0.25) is 11.8 Å². The van der Waals surface area contributed by atoms with Crippen molar-refractivity contribution in [1.82, 2.24) is 30.7 Å². The minimum Gasteiger partial charge on any atom is -0.480 e. The summed E-state index contributed by atoms with van der Waals surface area (Å²) in [6.45, 7) is 2.23. The molecule has 2 aromatic carbocycles. The molecule has 0 saturated carbocycles. The zero-order chi connectivity index (χ0) is 38.2. The van der Waals surface area contributed by atoms with Gasteiger partial charge in [-0.05, 0) is 88.2 Å². The van der Waals surface area contributed by atoms with Crippen LogP contribution in [0.5, 0.6) is 0 Å². The van der Waals surface area contributed by atoms with Gasteiger partial charge >= 0.3 is 11.9 Å². The highest BCUT2D eigenvalue weighted by molar-refractivity contribution is 5.92. The molecule has 6 rings (SSSR count). The number of benzene rings is 2. The topological polar surface area (TPSA) is 180 Å². The van der Waals surface area contributed by atoms with E-state index in [0.29, 0.717) is 103 Å². The number of fused-ring (bicyclic) bond motifs is 2. The summed E-state index contributed by atoms with van der Waals surface area (Å²) in [7, 11) is 0. The Labute approximate surface area is 315 Å². The molecule has 4 fully saturated rings. The van der Waals surface area contributed by atoms with Crippen molar-refractivity contribution in [2.45, 2.75) is 101 Å². The smallest absolute Gasteiger partial charge is 0.328 e. The highest BCUT2D eigenvalue weighted by atomic mass is 16.4. The zero-order valence-electron chi connectivity index (χ0n) is 30.7. The molecule has 4 saturated heterocycles. The van der Waals surface area contributed by atoms with E-state index in [1.54, 1.807) is 10.0 Å². The number of hydrogen-bond acceptors (Lipinski definition) is 8. The number of hydrazine groups is 2. The molecule has 4 N–H and O–H groups in total. The summed E-state index contributed by atoms with van der Waals surface area (Å²) in [5.41, 5.74) is 1.84. The SMILES string of the molecule is O=C(N[C@H]1CCCN2CCC[C@@H](C(=O)O)N2C1=O)[C@H](CC[C@H](Cc1ccccc1)C(=O)N[C@H]1CCCN2CCC[C@@H](C(=O)O)N2C1=O)Cc1ccccc1. The first-order valence-corrected chi connectivity index (χ1v) is 19.4. The minimum atomic E-state index is -1.06. The van der Waals surface area contributed by atoms with Crippen molar-refractivity contribution in [2.24, 2.45) is 11.8 Å². The van der Waals surface area contributed by atoms with Gasteiger partial charge in [-0.1, -0.05) is 60.7 Å². The maximum absolute atomic E-state index is 14.2. The molecule has 4 heterocycles. The average Bonchev–Trinajstić information content (AvgIpc) is 3.43. The number of carbonyl (C=O) groups is 6. The number of hydrogen-bond donors (Lipinski definition) is 4. The molecule has 14 heteroatoms. The molecule has 0 aliphatic carbocycles. The van der Waals surface area contributed by atoms with Crippen LogP contribution in [0.2, 0.25) is 0 Å². The molecule has 14 nitrogen and oxygen atoms in total. The second-order valence-corrected chi connectivity index (χ2v) is 15.0. The Balaban J connectivity index is 1.20. The Kier molecular flexibility index (Phi) is 13.0. The maximum Gasteiger partial charge on any atom is 0.328 e. The van der Waals surface area contributed by atoms with Crippen molar-refractivity contribution in [1.29, 1.82) is 0 Å². The van der Waals surface area contributed by atoms with Gasteiger partial charge in [0.1, 0.15) is 24.2 Å². The minimum absolute atomic E-state index is 0.305. The Hall–Kier alpha value is -4.82. The van der Waals surface area contributed by atoms with Crippen molar-refractivity contribution >= 4 is 35.6 Å². The van der Waals surface area contributed by atoms with E-state index >= 15 is 0 Å². The first-order valence-electron chi connectivity index (χ1n) is 19.4. The monoisotopic (exact) mass is 744 g/mol. The Bertz CT molecular complexity index is 1540. The first-order chi connectivity index (χ1) is 26.1. The third-order valence-corrected chi connectivity index (χ3v) is 11.3. The van der Waals surface area contributed by atoms with Gasteiger partial charge in [-0.25, -0.2) is 19.6 Å². The fourth-order valence-electron chi connectivity index (χ4n) is 8.49. The van der Waals surface area contributed by atoms with Crippen molar-refractivity contribution < 1.29 is 39.0 Å². The van der Waals surface area contributed by atoms with Crippen LogP contribution in [0, 0.1) is 11.8 Å². The van der Waals surface area contributed by atoms with Crippen LogP contribution in [-0.2, 0) is 41.6 Å². The quantitative estimate of drug-likeness (QED) is 0.238. The molecule has 0 bridgehead atoms. The summed E-state index contributed by atoms with van der Waals surface area (Å²) in [6, 6.07) is 15.4. The highest BCUT2D eigenvalue weighted by Gasteiger charge is 2.44. The lowest BCUT2D eigenvalue weighted by molar-refractivity contribution is -0.174. The van der Waals surface area contributed by atoms with Crippen molar-refractivity contribution in [3.63, 3.8) is 0 Å². The number of nitrogens with zero attached hydrogens (tertiary/aromatic N) is 4. The number of aliphatic carboxylic acids is 2. The summed E-state index contributed by atoms with van der Waals surface area (Å²) in [6.07, 6.45) is 5.37. The molecule has 4 amide bonds. The van der Waals surface area contributed by atoms with Crippen molar-refractivity contribution in [3.8, 4) is 0 Å². The fraction of sp³-hybridized carbons (Fsp3) is 0.550. The Morgan fingerprint density at radius 2 is 0.926 bits per heavy atom. The summed E-state index contributed by atoms with van der Waals surface area (Å²) in [4.78, 5) is 80.3. The Morgan fingerprint density at radius 3 is 1.28 bits per heavy atom. The number of carbonyl (C=O) groups excluding carboxylic acids is 4. The number of nitrogens with one attached hydrogen (secondary N) is 2. The third-order valence-electron chi connectivity index (χ3n) is 11.3. The van der Waals surface area contributed by atoms with Crippen molar-refractivity contribution in [2.75, 3.05) is 26.2 Å². The predicted molar refractivity (Wildman–Crippen MR) is 197 cm³/mol. The molecule has 0 spiro atoms. The van der Waals surface area contributed by atoms with E-state index in [-0.39, 0.29) is 11.8 Å². The second kappa shape index (κ2) is 18.0. The molecule has 2 aromatic rings. The highest BCUT2D eigenvalue weighted by Crippen LogP contribution is 2.28. The molecule has 290 valence electrons. The van der Waals surface area contributed by atoms with E-state index in [0.717, 1.165) is 11.1 Å². The zero-order valence-corrected chi connectivity index (χ0v) is 30.7. The van der Waals surface area contributed by atoms with Gasteiger partial charge < -0.3 is 20.8 Å². The molecule has 0 radical (unpaired) electrons. The van der Waals surface area contributed by atoms with Gasteiger partial charge in [-0.3, -0.25) is 29.2 Å². The molecule has 4 aliphatic heterocycles. The van der Waals surface area contributed by atoms with Crippen LogP contribution < -0.4 is 10.6 Å². The van der Waals surface area contributed by atoms with E-state index in [1.807, 2.05) is 60.7 Å². The van der Waals surface area contributed by atoms with Crippen LogP contribution in [0.25, 0.3) is 0 Å². The Morgan fingerprint density at radius 1 is 0.574 bits per heavy atom. The molecule has 54 heavy (non-hydrogen) atoms. The van der Waals surface area contributed by atoms with Gasteiger partial charge in [0.25, 0.3) is 11.8 Å².